The summed E-state index contributed by atoms with van der Waals surface area (Å²) < 4.78 is 16.3. The lowest BCUT2D eigenvalue weighted by Gasteiger charge is -2.25. The molecule has 1 atom stereocenters. The van der Waals surface area contributed by atoms with E-state index in [2.05, 4.69) is 6.58 Å². The largest absolute Gasteiger partial charge is 0.488 e. The van der Waals surface area contributed by atoms with Crippen molar-refractivity contribution < 1.29 is 19.3 Å². The molecule has 1 aliphatic heterocycles. The van der Waals surface area contributed by atoms with Crippen molar-refractivity contribution in [2.75, 3.05) is 19.8 Å². The first-order valence-corrected chi connectivity index (χ1v) is 5.57. The Balaban J connectivity index is 2.09. The fourth-order valence-electron chi connectivity index (χ4n) is 1.44. The van der Waals surface area contributed by atoms with Crippen LogP contribution in [0, 0.1) is 0 Å². The Morgan fingerprint density at radius 2 is 2.35 bits per heavy atom. The third kappa shape index (κ3) is 3.05. The van der Waals surface area contributed by atoms with E-state index in [1.807, 2.05) is 0 Å². The van der Waals surface area contributed by atoms with Gasteiger partial charge in [0, 0.05) is 11.1 Å². The van der Waals surface area contributed by atoms with Crippen molar-refractivity contribution in [2.45, 2.75) is 6.10 Å². The van der Waals surface area contributed by atoms with E-state index in [4.69, 9.17) is 30.9 Å². The third-order valence-corrected chi connectivity index (χ3v) is 2.34. The average molecular weight is 257 g/mol. The van der Waals surface area contributed by atoms with Crippen LogP contribution in [0.1, 0.15) is 0 Å². The van der Waals surface area contributed by atoms with Crippen LogP contribution in [0.2, 0.25) is 0 Å². The normalized spacial score (nSPS) is 17.6. The van der Waals surface area contributed by atoms with Gasteiger partial charge in [-0.05, 0) is 12.1 Å². The maximum Gasteiger partial charge on any atom is 0.165 e. The molecular formula is C12H13ClO4. The molecule has 0 radical (unpaired) electrons. The summed E-state index contributed by atoms with van der Waals surface area (Å²) in [4.78, 5) is 0. The number of ether oxygens (including phenoxy) is 3. The molecule has 4 nitrogen and oxygen atoms in total. The van der Waals surface area contributed by atoms with E-state index in [-0.39, 0.29) is 19.3 Å². The minimum atomic E-state index is -0.333. The van der Waals surface area contributed by atoms with Crippen molar-refractivity contribution in [3.63, 3.8) is 0 Å². The summed E-state index contributed by atoms with van der Waals surface area (Å²) in [5.41, 5.74) is 0. The van der Waals surface area contributed by atoms with Crippen LogP contribution in [-0.2, 0) is 0 Å². The van der Waals surface area contributed by atoms with Crippen molar-refractivity contribution >= 4 is 11.6 Å². The van der Waals surface area contributed by atoms with Gasteiger partial charge < -0.3 is 19.3 Å². The second kappa shape index (κ2) is 5.29. The van der Waals surface area contributed by atoms with Gasteiger partial charge in [-0.2, -0.15) is 0 Å². The second-order valence-corrected chi connectivity index (χ2v) is 4.18. The van der Waals surface area contributed by atoms with E-state index in [9.17, 15) is 0 Å². The first kappa shape index (κ1) is 12.1. The van der Waals surface area contributed by atoms with Gasteiger partial charge in [-0.1, -0.05) is 18.2 Å². The molecule has 17 heavy (non-hydrogen) atoms. The SMILES string of the molecule is C=C(Cl)COc1ccc2c(c1)OC(CO)CO2. The van der Waals surface area contributed by atoms with E-state index >= 15 is 0 Å². The molecule has 1 aliphatic rings. The summed E-state index contributed by atoms with van der Waals surface area (Å²) in [6.45, 7) is 4.04. The van der Waals surface area contributed by atoms with Gasteiger partial charge in [-0.15, -0.1) is 0 Å². The standard InChI is InChI=1S/C12H13ClO4/c1-8(13)6-15-9-2-3-11-12(4-9)17-10(5-14)7-16-11/h2-4,10,14H,1,5-7H2. The number of halogens is 1. The van der Waals surface area contributed by atoms with E-state index in [0.717, 1.165) is 0 Å². The van der Waals surface area contributed by atoms with Gasteiger partial charge in [0.1, 0.15) is 19.0 Å². The van der Waals surface area contributed by atoms with E-state index in [1.165, 1.54) is 0 Å². The minimum absolute atomic E-state index is 0.0803. The maximum atomic E-state index is 9.00. The second-order valence-electron chi connectivity index (χ2n) is 3.65. The molecule has 5 heteroatoms. The van der Waals surface area contributed by atoms with Crippen LogP contribution >= 0.6 is 11.6 Å². The molecule has 1 aromatic carbocycles. The van der Waals surface area contributed by atoms with Gasteiger partial charge in [-0.3, -0.25) is 0 Å². The average Bonchev–Trinajstić information content (AvgIpc) is 2.35. The minimum Gasteiger partial charge on any atom is -0.488 e. The van der Waals surface area contributed by atoms with Gasteiger partial charge in [-0.25, -0.2) is 0 Å². The molecule has 2 rings (SSSR count). The zero-order valence-corrected chi connectivity index (χ0v) is 9.94. The molecule has 1 heterocycles. The quantitative estimate of drug-likeness (QED) is 0.895. The monoisotopic (exact) mass is 256 g/mol. The molecule has 0 aliphatic carbocycles. The number of rotatable bonds is 4. The Bertz CT molecular complexity index is 419. The highest BCUT2D eigenvalue weighted by molar-refractivity contribution is 6.29. The van der Waals surface area contributed by atoms with E-state index in [0.29, 0.717) is 28.9 Å². The van der Waals surface area contributed by atoms with Crippen LogP contribution < -0.4 is 14.2 Å². The van der Waals surface area contributed by atoms with E-state index < -0.39 is 0 Å². The molecule has 0 aromatic heterocycles. The highest BCUT2D eigenvalue weighted by Gasteiger charge is 2.20. The number of fused-ring (bicyclic) bond motifs is 1. The van der Waals surface area contributed by atoms with Gasteiger partial charge in [0.05, 0.1) is 6.61 Å². The zero-order valence-electron chi connectivity index (χ0n) is 9.19. The molecule has 0 saturated heterocycles. The van der Waals surface area contributed by atoms with Crippen molar-refractivity contribution in [3.05, 3.63) is 29.8 Å². The molecule has 0 spiro atoms. The summed E-state index contributed by atoms with van der Waals surface area (Å²) >= 11 is 5.61. The lowest BCUT2D eigenvalue weighted by atomic mass is 10.2. The van der Waals surface area contributed by atoms with Gasteiger partial charge >= 0.3 is 0 Å². The van der Waals surface area contributed by atoms with Crippen LogP contribution in [-0.4, -0.2) is 31.0 Å². The fraction of sp³-hybridized carbons (Fsp3) is 0.333. The first-order chi connectivity index (χ1) is 8.19. The lowest BCUT2D eigenvalue weighted by molar-refractivity contribution is 0.0453. The Morgan fingerprint density at radius 1 is 1.53 bits per heavy atom. The molecule has 1 unspecified atom stereocenters. The van der Waals surface area contributed by atoms with Crippen LogP contribution in [0.25, 0.3) is 0 Å². The Morgan fingerprint density at radius 3 is 3.06 bits per heavy atom. The van der Waals surface area contributed by atoms with Gasteiger partial charge in [0.15, 0.2) is 17.6 Å². The van der Waals surface area contributed by atoms with Crippen molar-refractivity contribution in [1.82, 2.24) is 0 Å². The molecule has 1 aromatic rings. The smallest absolute Gasteiger partial charge is 0.165 e. The lowest BCUT2D eigenvalue weighted by Crippen LogP contribution is -2.32. The summed E-state index contributed by atoms with van der Waals surface area (Å²) in [6, 6.07) is 5.23. The Labute approximate surface area is 104 Å². The maximum absolute atomic E-state index is 9.00. The molecule has 0 bridgehead atoms. The van der Waals surface area contributed by atoms with Crippen LogP contribution in [0.4, 0.5) is 0 Å². The molecule has 92 valence electrons. The number of hydrogen-bond acceptors (Lipinski definition) is 4. The fourth-order valence-corrected chi connectivity index (χ4v) is 1.49. The van der Waals surface area contributed by atoms with Gasteiger partial charge in [0.2, 0.25) is 0 Å². The third-order valence-electron chi connectivity index (χ3n) is 2.23. The highest BCUT2D eigenvalue weighted by atomic mass is 35.5. The van der Waals surface area contributed by atoms with Crippen LogP contribution in [0.15, 0.2) is 29.8 Å². The van der Waals surface area contributed by atoms with Crippen molar-refractivity contribution in [2.24, 2.45) is 0 Å². The molecule has 0 saturated carbocycles. The number of aliphatic hydroxyl groups is 1. The Kier molecular flexibility index (Phi) is 3.76. The number of hydrogen-bond donors (Lipinski definition) is 1. The molecule has 0 fully saturated rings. The topological polar surface area (TPSA) is 47.9 Å². The molecular weight excluding hydrogens is 244 g/mol. The van der Waals surface area contributed by atoms with Crippen LogP contribution in [0.5, 0.6) is 17.2 Å². The molecule has 1 N–H and O–H groups in total. The molecule has 0 amide bonds. The predicted octanol–water partition coefficient (Wildman–Crippen LogP) is 1.95. The van der Waals surface area contributed by atoms with Crippen molar-refractivity contribution in [1.29, 1.82) is 0 Å². The summed E-state index contributed by atoms with van der Waals surface area (Å²) in [5.74, 6) is 1.83. The summed E-state index contributed by atoms with van der Waals surface area (Å²) in [6.07, 6.45) is -0.333. The summed E-state index contributed by atoms with van der Waals surface area (Å²) in [7, 11) is 0. The Hall–Kier alpha value is -1.39. The van der Waals surface area contributed by atoms with Gasteiger partial charge in [0.25, 0.3) is 0 Å². The predicted molar refractivity (Wildman–Crippen MR) is 63.9 cm³/mol. The summed E-state index contributed by atoms with van der Waals surface area (Å²) in [5, 5.41) is 9.42. The highest BCUT2D eigenvalue weighted by Crippen LogP contribution is 2.35. The number of benzene rings is 1. The number of aliphatic hydroxyl groups excluding tert-OH is 1. The van der Waals surface area contributed by atoms with Crippen LogP contribution in [0.3, 0.4) is 0 Å². The van der Waals surface area contributed by atoms with E-state index in [1.54, 1.807) is 18.2 Å². The zero-order chi connectivity index (χ0) is 12.3. The first-order valence-electron chi connectivity index (χ1n) is 5.19. The van der Waals surface area contributed by atoms with Crippen molar-refractivity contribution in [3.8, 4) is 17.2 Å².